The molecule has 0 bridgehead atoms. The fraction of sp³-hybridized carbons (Fsp3) is 0.538. The summed E-state index contributed by atoms with van der Waals surface area (Å²) < 4.78 is 28.3. The summed E-state index contributed by atoms with van der Waals surface area (Å²) in [7, 11) is -3.97. The molecule has 10 heteroatoms. The highest BCUT2D eigenvalue weighted by atomic mass is 32.2. The standard InChI is InChI=1S/C26H37N5O4S/c1-17-12-18(2)24(19(3)13-17)36(34,35)30-23(26(32)33)14-28-22-15-31(16-22)11-5-7-21-9-8-20-6-4-10-27-25(20)29-21/h8-9,12-13,22-23,28,30H,4-7,10-11,14-16H2,1-3H3,(H,27,29)(H,32,33)/t23-/m0/s1. The molecule has 36 heavy (non-hydrogen) atoms. The molecule has 1 fully saturated rings. The lowest BCUT2D eigenvalue weighted by Crippen LogP contribution is -2.60. The zero-order valence-electron chi connectivity index (χ0n) is 21.3. The van der Waals surface area contributed by atoms with Crippen molar-refractivity contribution in [3.63, 3.8) is 0 Å². The largest absolute Gasteiger partial charge is 0.480 e. The molecule has 1 saturated heterocycles. The number of likely N-dealkylation sites (tertiary alicyclic amines) is 1. The van der Waals surface area contributed by atoms with Crippen LogP contribution in [-0.4, -0.2) is 74.2 Å². The Morgan fingerprint density at radius 3 is 2.64 bits per heavy atom. The number of hydrogen-bond donors (Lipinski definition) is 4. The molecule has 9 nitrogen and oxygen atoms in total. The van der Waals surface area contributed by atoms with Crippen molar-refractivity contribution in [2.24, 2.45) is 0 Å². The topological polar surface area (TPSA) is 124 Å². The van der Waals surface area contributed by atoms with Crippen LogP contribution in [0.15, 0.2) is 29.2 Å². The number of benzene rings is 1. The van der Waals surface area contributed by atoms with Crippen LogP contribution in [0.5, 0.6) is 0 Å². The highest BCUT2D eigenvalue weighted by molar-refractivity contribution is 7.89. The summed E-state index contributed by atoms with van der Waals surface area (Å²) in [6.07, 6.45) is 4.17. The maximum Gasteiger partial charge on any atom is 0.323 e. The second-order valence-electron chi connectivity index (χ2n) is 10.0. The van der Waals surface area contributed by atoms with Crippen molar-refractivity contribution in [1.82, 2.24) is 19.9 Å². The number of hydrogen-bond acceptors (Lipinski definition) is 7. The number of carbonyl (C=O) groups is 1. The molecule has 3 heterocycles. The van der Waals surface area contributed by atoms with E-state index >= 15 is 0 Å². The molecule has 0 saturated carbocycles. The van der Waals surface area contributed by atoms with Crippen molar-refractivity contribution in [3.05, 3.63) is 52.2 Å². The molecule has 4 N–H and O–H groups in total. The zero-order valence-corrected chi connectivity index (χ0v) is 22.1. The number of aliphatic carboxylic acids is 1. The van der Waals surface area contributed by atoms with E-state index in [2.05, 4.69) is 32.4 Å². The van der Waals surface area contributed by atoms with Crippen LogP contribution >= 0.6 is 0 Å². The van der Waals surface area contributed by atoms with Crippen molar-refractivity contribution in [3.8, 4) is 0 Å². The van der Waals surface area contributed by atoms with Crippen LogP contribution in [-0.2, 0) is 27.7 Å². The number of aryl methyl sites for hydroxylation is 5. The molecular formula is C26H37N5O4S. The first-order chi connectivity index (χ1) is 17.1. The molecule has 0 unspecified atom stereocenters. The highest BCUT2D eigenvalue weighted by Gasteiger charge is 2.31. The quantitative estimate of drug-likeness (QED) is 0.358. The van der Waals surface area contributed by atoms with E-state index in [9.17, 15) is 18.3 Å². The van der Waals surface area contributed by atoms with Gasteiger partial charge in [0.1, 0.15) is 11.9 Å². The second-order valence-corrected chi connectivity index (χ2v) is 11.7. The van der Waals surface area contributed by atoms with Crippen LogP contribution in [0.2, 0.25) is 0 Å². The Hall–Kier alpha value is -2.53. The molecule has 1 aromatic carbocycles. The fourth-order valence-corrected chi connectivity index (χ4v) is 6.82. The van der Waals surface area contributed by atoms with E-state index in [1.165, 1.54) is 5.56 Å². The van der Waals surface area contributed by atoms with Gasteiger partial charge in [-0.05, 0) is 75.8 Å². The highest BCUT2D eigenvalue weighted by Crippen LogP contribution is 2.22. The minimum atomic E-state index is -3.97. The van der Waals surface area contributed by atoms with E-state index in [-0.39, 0.29) is 17.5 Å². The number of anilines is 1. The number of carboxylic acids is 1. The number of rotatable bonds is 11. The van der Waals surface area contributed by atoms with Crippen LogP contribution < -0.4 is 15.4 Å². The van der Waals surface area contributed by atoms with Crippen molar-refractivity contribution in [1.29, 1.82) is 0 Å². The van der Waals surface area contributed by atoms with Crippen molar-refractivity contribution in [2.75, 3.05) is 38.0 Å². The molecule has 1 atom stereocenters. The van der Waals surface area contributed by atoms with Crippen molar-refractivity contribution < 1.29 is 18.3 Å². The van der Waals surface area contributed by atoms with Crippen LogP contribution in [0.25, 0.3) is 0 Å². The van der Waals surface area contributed by atoms with E-state index in [1.54, 1.807) is 26.0 Å². The summed E-state index contributed by atoms with van der Waals surface area (Å²) in [6.45, 7) is 8.95. The molecule has 0 amide bonds. The first kappa shape index (κ1) is 26.5. The van der Waals surface area contributed by atoms with E-state index in [4.69, 9.17) is 4.98 Å². The number of sulfonamides is 1. The summed E-state index contributed by atoms with van der Waals surface area (Å²) in [6, 6.07) is 6.79. The Balaban J connectivity index is 1.21. The molecule has 196 valence electrons. The van der Waals surface area contributed by atoms with Gasteiger partial charge in [-0.2, -0.15) is 4.72 Å². The van der Waals surface area contributed by atoms with Crippen LogP contribution in [0.3, 0.4) is 0 Å². The first-order valence-corrected chi connectivity index (χ1v) is 14.1. The average molecular weight is 516 g/mol. The predicted octanol–water partition coefficient (Wildman–Crippen LogP) is 2.00. The van der Waals surface area contributed by atoms with Gasteiger partial charge in [0.05, 0.1) is 4.90 Å². The smallest absolute Gasteiger partial charge is 0.323 e. The van der Waals surface area contributed by atoms with Gasteiger partial charge >= 0.3 is 5.97 Å². The third-order valence-corrected chi connectivity index (χ3v) is 8.67. The molecule has 4 rings (SSSR count). The Morgan fingerprint density at radius 1 is 1.22 bits per heavy atom. The lowest BCUT2D eigenvalue weighted by atomic mass is 10.1. The van der Waals surface area contributed by atoms with E-state index in [0.29, 0.717) is 11.1 Å². The molecule has 2 aliphatic rings. The van der Waals surface area contributed by atoms with Gasteiger partial charge in [0.25, 0.3) is 0 Å². The number of pyridine rings is 1. The Bertz CT molecular complexity index is 1190. The molecule has 0 aliphatic carbocycles. The maximum absolute atomic E-state index is 13.0. The molecule has 0 radical (unpaired) electrons. The van der Waals surface area contributed by atoms with Gasteiger partial charge in [-0.15, -0.1) is 0 Å². The zero-order chi connectivity index (χ0) is 25.9. The fourth-order valence-electron chi connectivity index (χ4n) is 5.17. The lowest BCUT2D eigenvalue weighted by Gasteiger charge is -2.40. The van der Waals surface area contributed by atoms with E-state index < -0.39 is 22.0 Å². The summed E-state index contributed by atoms with van der Waals surface area (Å²) in [5, 5.41) is 16.2. The SMILES string of the molecule is Cc1cc(C)c(S(=O)(=O)N[C@@H](CNC2CN(CCCc3ccc4c(n3)NCCC4)C2)C(=O)O)c(C)c1. The number of nitrogens with zero attached hydrogens (tertiary/aromatic N) is 2. The van der Waals surface area contributed by atoms with E-state index in [0.717, 1.165) is 68.9 Å². The van der Waals surface area contributed by atoms with Crippen LogP contribution in [0, 0.1) is 20.8 Å². The summed E-state index contributed by atoms with van der Waals surface area (Å²) >= 11 is 0. The third kappa shape index (κ3) is 6.42. The molecule has 1 aromatic heterocycles. The van der Waals surface area contributed by atoms with Gasteiger partial charge in [0, 0.05) is 37.9 Å². The van der Waals surface area contributed by atoms with Gasteiger partial charge in [-0.25, -0.2) is 13.4 Å². The number of carboxylic acid groups (broad SMARTS) is 1. The van der Waals surface area contributed by atoms with Crippen molar-refractivity contribution >= 4 is 21.8 Å². The van der Waals surface area contributed by atoms with Gasteiger partial charge in [-0.1, -0.05) is 23.8 Å². The first-order valence-electron chi connectivity index (χ1n) is 12.6. The van der Waals surface area contributed by atoms with Crippen molar-refractivity contribution in [2.45, 2.75) is 63.4 Å². The number of aromatic nitrogens is 1. The Kier molecular flexibility index (Phi) is 8.29. The monoisotopic (exact) mass is 515 g/mol. The second kappa shape index (κ2) is 11.2. The normalized spacial score (nSPS) is 17.2. The molecule has 0 spiro atoms. The summed E-state index contributed by atoms with van der Waals surface area (Å²) in [5.74, 6) is -0.167. The van der Waals surface area contributed by atoms with Crippen LogP contribution in [0.1, 0.15) is 40.8 Å². The minimum Gasteiger partial charge on any atom is -0.480 e. The predicted molar refractivity (Wildman–Crippen MR) is 140 cm³/mol. The third-order valence-electron chi connectivity index (χ3n) is 6.90. The molecule has 2 aromatic rings. The molecular weight excluding hydrogens is 478 g/mol. The van der Waals surface area contributed by atoms with Gasteiger partial charge in [-0.3, -0.25) is 4.79 Å². The molecule has 2 aliphatic heterocycles. The van der Waals surface area contributed by atoms with Crippen LogP contribution in [0.4, 0.5) is 5.82 Å². The number of fused-ring (bicyclic) bond motifs is 1. The van der Waals surface area contributed by atoms with E-state index in [1.807, 2.05) is 6.92 Å². The van der Waals surface area contributed by atoms with Gasteiger partial charge < -0.3 is 20.6 Å². The minimum absolute atomic E-state index is 0.0308. The van der Waals surface area contributed by atoms with Gasteiger partial charge in [0.2, 0.25) is 10.0 Å². The maximum atomic E-state index is 13.0. The summed E-state index contributed by atoms with van der Waals surface area (Å²) in [5.41, 5.74) is 4.58. The summed E-state index contributed by atoms with van der Waals surface area (Å²) in [4.78, 5) is 19.0. The Morgan fingerprint density at radius 2 is 1.94 bits per heavy atom. The number of nitrogens with one attached hydrogen (secondary N) is 3. The Labute approximate surface area is 213 Å². The average Bonchev–Trinajstić information content (AvgIpc) is 2.77. The van der Waals surface area contributed by atoms with Gasteiger partial charge in [0.15, 0.2) is 0 Å². The lowest BCUT2D eigenvalue weighted by molar-refractivity contribution is -0.138.